The predicted molar refractivity (Wildman–Crippen MR) is 83.2 cm³/mol. The van der Waals surface area contributed by atoms with Crippen LogP contribution < -0.4 is 10.1 Å². The zero-order valence-corrected chi connectivity index (χ0v) is 12.8. The smallest absolute Gasteiger partial charge is 0.118 e. The largest absolute Gasteiger partial charge is 0.497 e. The zero-order valence-electron chi connectivity index (χ0n) is 12.0. The summed E-state index contributed by atoms with van der Waals surface area (Å²) in [5, 5.41) is 4.38. The van der Waals surface area contributed by atoms with Crippen molar-refractivity contribution in [3.63, 3.8) is 0 Å². The highest BCUT2D eigenvalue weighted by atomic mass is 32.2. The van der Waals surface area contributed by atoms with E-state index in [4.69, 9.17) is 4.74 Å². The number of hydrogen-bond acceptors (Lipinski definition) is 3. The van der Waals surface area contributed by atoms with Crippen molar-refractivity contribution in [1.29, 1.82) is 0 Å². The minimum absolute atomic E-state index is 0.666. The Bertz CT molecular complexity index is 366. The number of rotatable bonds is 5. The maximum absolute atomic E-state index is 5.22. The molecule has 19 heavy (non-hydrogen) atoms. The highest BCUT2D eigenvalue weighted by Crippen LogP contribution is 2.33. The molecule has 0 radical (unpaired) electrons. The van der Waals surface area contributed by atoms with Crippen LogP contribution in [0.4, 0.5) is 0 Å². The second-order valence-corrected chi connectivity index (χ2v) is 6.45. The van der Waals surface area contributed by atoms with E-state index < -0.39 is 0 Å². The summed E-state index contributed by atoms with van der Waals surface area (Å²) in [5.41, 5.74) is 0. The lowest BCUT2D eigenvalue weighted by molar-refractivity contribution is 0.414. The standard InChI is InChI=1S/C16H25NOS/c1-3-17-15-7-5-4-6-8-16(15)19-14-11-9-13(18-2)10-12-14/h9-12,15-17H,3-8H2,1-2H3. The molecule has 0 heterocycles. The van der Waals surface area contributed by atoms with Crippen molar-refractivity contribution < 1.29 is 4.74 Å². The third-order valence-corrected chi connectivity index (χ3v) is 5.18. The van der Waals surface area contributed by atoms with Gasteiger partial charge in [0.05, 0.1) is 7.11 Å². The van der Waals surface area contributed by atoms with Crippen molar-refractivity contribution >= 4 is 11.8 Å². The molecule has 0 spiro atoms. The fourth-order valence-corrected chi connectivity index (χ4v) is 4.06. The van der Waals surface area contributed by atoms with E-state index in [0.717, 1.165) is 12.3 Å². The number of ether oxygens (including phenoxy) is 1. The molecule has 2 rings (SSSR count). The van der Waals surface area contributed by atoms with Crippen LogP contribution in [0.3, 0.4) is 0 Å². The molecular weight excluding hydrogens is 254 g/mol. The average molecular weight is 279 g/mol. The van der Waals surface area contributed by atoms with Gasteiger partial charge in [-0.2, -0.15) is 0 Å². The Kier molecular flexibility index (Phi) is 6.05. The fourth-order valence-electron chi connectivity index (χ4n) is 2.74. The molecule has 1 fully saturated rings. The Morgan fingerprint density at radius 1 is 1.16 bits per heavy atom. The first-order valence-electron chi connectivity index (χ1n) is 7.37. The van der Waals surface area contributed by atoms with E-state index >= 15 is 0 Å². The molecule has 2 atom stereocenters. The van der Waals surface area contributed by atoms with Crippen LogP contribution in [0.5, 0.6) is 5.75 Å². The van der Waals surface area contributed by atoms with Gasteiger partial charge in [0.15, 0.2) is 0 Å². The molecule has 0 bridgehead atoms. The Morgan fingerprint density at radius 3 is 2.58 bits per heavy atom. The molecule has 106 valence electrons. The second-order valence-electron chi connectivity index (χ2n) is 5.13. The molecule has 0 aliphatic heterocycles. The van der Waals surface area contributed by atoms with Gasteiger partial charge < -0.3 is 10.1 Å². The van der Waals surface area contributed by atoms with Crippen molar-refractivity contribution in [2.75, 3.05) is 13.7 Å². The summed E-state index contributed by atoms with van der Waals surface area (Å²) in [5.74, 6) is 0.938. The van der Waals surface area contributed by atoms with Gasteiger partial charge in [-0.1, -0.05) is 26.2 Å². The quantitative estimate of drug-likeness (QED) is 0.820. The fraction of sp³-hybridized carbons (Fsp3) is 0.625. The first-order chi connectivity index (χ1) is 9.33. The van der Waals surface area contributed by atoms with Crippen LogP contribution in [-0.4, -0.2) is 24.9 Å². The first kappa shape index (κ1) is 14.7. The molecule has 1 aromatic carbocycles. The van der Waals surface area contributed by atoms with Crippen LogP contribution in [0.2, 0.25) is 0 Å². The number of benzene rings is 1. The normalized spacial score (nSPS) is 23.9. The number of hydrogen-bond donors (Lipinski definition) is 1. The lowest BCUT2D eigenvalue weighted by Gasteiger charge is -2.25. The second kappa shape index (κ2) is 7.81. The Morgan fingerprint density at radius 2 is 1.89 bits per heavy atom. The minimum Gasteiger partial charge on any atom is -0.497 e. The minimum atomic E-state index is 0.666. The SMILES string of the molecule is CCNC1CCCCCC1Sc1ccc(OC)cc1. The van der Waals surface area contributed by atoms with E-state index in [0.29, 0.717) is 11.3 Å². The molecule has 2 nitrogen and oxygen atoms in total. The van der Waals surface area contributed by atoms with Gasteiger partial charge in [-0.05, 0) is 43.7 Å². The lowest BCUT2D eigenvalue weighted by atomic mass is 10.1. The molecule has 0 aromatic heterocycles. The summed E-state index contributed by atoms with van der Waals surface area (Å²) in [6.07, 6.45) is 6.78. The summed E-state index contributed by atoms with van der Waals surface area (Å²) in [6.45, 7) is 3.28. The van der Waals surface area contributed by atoms with Gasteiger partial charge in [0.25, 0.3) is 0 Å². The molecule has 1 aromatic rings. The van der Waals surface area contributed by atoms with E-state index in [9.17, 15) is 0 Å². The van der Waals surface area contributed by atoms with E-state index in [-0.39, 0.29) is 0 Å². The molecule has 1 saturated carbocycles. The highest BCUT2D eigenvalue weighted by Gasteiger charge is 2.23. The van der Waals surface area contributed by atoms with Crippen molar-refractivity contribution in [2.24, 2.45) is 0 Å². The number of thioether (sulfide) groups is 1. The van der Waals surface area contributed by atoms with Gasteiger partial charge in [-0.25, -0.2) is 0 Å². The summed E-state index contributed by atoms with van der Waals surface area (Å²) < 4.78 is 5.22. The van der Waals surface area contributed by atoms with Crippen molar-refractivity contribution in [3.8, 4) is 5.75 Å². The third-order valence-electron chi connectivity index (χ3n) is 3.77. The van der Waals surface area contributed by atoms with Crippen molar-refractivity contribution in [3.05, 3.63) is 24.3 Å². The van der Waals surface area contributed by atoms with E-state index in [1.165, 1.54) is 37.0 Å². The Hall–Kier alpha value is -0.670. The number of nitrogens with one attached hydrogen (secondary N) is 1. The van der Waals surface area contributed by atoms with Gasteiger partial charge in [0.2, 0.25) is 0 Å². The van der Waals surface area contributed by atoms with E-state index in [1.807, 2.05) is 11.8 Å². The molecule has 0 saturated heterocycles. The first-order valence-corrected chi connectivity index (χ1v) is 8.25. The average Bonchev–Trinajstić information content (AvgIpc) is 2.66. The summed E-state index contributed by atoms with van der Waals surface area (Å²) >= 11 is 2.03. The Labute approximate surface area is 121 Å². The molecule has 0 amide bonds. The predicted octanol–water partition coefficient (Wildman–Crippen LogP) is 4.10. The van der Waals surface area contributed by atoms with E-state index in [1.54, 1.807) is 7.11 Å². The van der Waals surface area contributed by atoms with E-state index in [2.05, 4.69) is 36.5 Å². The van der Waals surface area contributed by atoms with Crippen LogP contribution in [0.15, 0.2) is 29.2 Å². The summed E-state index contributed by atoms with van der Waals surface area (Å²) in [7, 11) is 1.72. The Balaban J connectivity index is 2.00. The van der Waals surface area contributed by atoms with Crippen LogP contribution >= 0.6 is 11.8 Å². The maximum Gasteiger partial charge on any atom is 0.118 e. The van der Waals surface area contributed by atoms with Crippen LogP contribution in [0, 0.1) is 0 Å². The maximum atomic E-state index is 5.22. The summed E-state index contributed by atoms with van der Waals surface area (Å²) in [4.78, 5) is 1.36. The molecule has 3 heteroatoms. The zero-order chi connectivity index (χ0) is 13.5. The van der Waals surface area contributed by atoms with Gasteiger partial charge in [0.1, 0.15) is 5.75 Å². The van der Waals surface area contributed by atoms with Gasteiger partial charge in [-0.15, -0.1) is 11.8 Å². The van der Waals surface area contributed by atoms with Crippen LogP contribution in [-0.2, 0) is 0 Å². The van der Waals surface area contributed by atoms with Crippen LogP contribution in [0.25, 0.3) is 0 Å². The van der Waals surface area contributed by atoms with Crippen molar-refractivity contribution in [1.82, 2.24) is 5.32 Å². The highest BCUT2D eigenvalue weighted by molar-refractivity contribution is 8.00. The number of methoxy groups -OCH3 is 1. The van der Waals surface area contributed by atoms with Gasteiger partial charge >= 0.3 is 0 Å². The summed E-state index contributed by atoms with van der Waals surface area (Å²) in [6, 6.07) is 9.14. The molecule has 1 aliphatic carbocycles. The topological polar surface area (TPSA) is 21.3 Å². The van der Waals surface area contributed by atoms with Crippen LogP contribution in [0.1, 0.15) is 39.0 Å². The van der Waals surface area contributed by atoms with Gasteiger partial charge in [-0.3, -0.25) is 0 Å². The molecular formula is C16H25NOS. The molecule has 2 unspecified atom stereocenters. The monoisotopic (exact) mass is 279 g/mol. The lowest BCUT2D eigenvalue weighted by Crippen LogP contribution is -2.37. The molecule has 1 N–H and O–H groups in total. The third kappa shape index (κ3) is 4.43. The molecule has 1 aliphatic rings. The van der Waals surface area contributed by atoms with Gasteiger partial charge in [0, 0.05) is 16.2 Å². The van der Waals surface area contributed by atoms with Crippen molar-refractivity contribution in [2.45, 2.75) is 55.2 Å².